The van der Waals surface area contributed by atoms with Gasteiger partial charge in [-0.15, -0.1) is 0 Å². The molecule has 1 aromatic rings. The van der Waals surface area contributed by atoms with Gasteiger partial charge >= 0.3 is 11.8 Å². The minimum absolute atomic E-state index is 0.432. The van der Waals surface area contributed by atoms with Crippen molar-refractivity contribution in [2.24, 2.45) is 0 Å². The van der Waals surface area contributed by atoms with Gasteiger partial charge in [0.15, 0.2) is 0 Å². The van der Waals surface area contributed by atoms with Crippen molar-refractivity contribution in [2.75, 3.05) is 5.32 Å². The smallest absolute Gasteiger partial charge is 0.313 e. The molecule has 0 saturated carbocycles. The first-order valence-electron chi connectivity index (χ1n) is 5.59. The van der Waals surface area contributed by atoms with Crippen LogP contribution in [-0.4, -0.2) is 17.4 Å². The Morgan fingerprint density at radius 2 is 1.78 bits per heavy atom. The van der Waals surface area contributed by atoms with Gasteiger partial charge in [-0.05, 0) is 61.3 Å². The number of benzene rings is 1. The Balaban J connectivity index is 2.73. The molecule has 5 heteroatoms. The highest BCUT2D eigenvalue weighted by atomic mass is 79.9. The van der Waals surface area contributed by atoms with Gasteiger partial charge in [0.05, 0.1) is 5.69 Å². The highest BCUT2D eigenvalue weighted by molar-refractivity contribution is 9.10. The van der Waals surface area contributed by atoms with E-state index >= 15 is 0 Å². The molecule has 0 unspecified atom stereocenters. The van der Waals surface area contributed by atoms with E-state index in [1.54, 1.807) is 6.07 Å². The normalized spacial score (nSPS) is 10.9. The molecule has 0 spiro atoms. The predicted octanol–water partition coefficient (Wildman–Crippen LogP) is 2.61. The first kappa shape index (κ1) is 14.7. The Morgan fingerprint density at radius 1 is 1.17 bits per heavy atom. The second kappa shape index (κ2) is 5.52. The number of halogens is 1. The maximum atomic E-state index is 11.7. The molecule has 0 heterocycles. The molecule has 98 valence electrons. The number of aryl methyl sites for hydroxylation is 1. The third kappa shape index (κ3) is 4.49. The van der Waals surface area contributed by atoms with Gasteiger partial charge < -0.3 is 10.6 Å². The molecule has 0 aliphatic carbocycles. The monoisotopic (exact) mass is 312 g/mol. The molecular weight excluding hydrogens is 296 g/mol. The minimum Gasteiger partial charge on any atom is -0.343 e. The van der Waals surface area contributed by atoms with Crippen LogP contribution in [0.2, 0.25) is 0 Å². The zero-order chi connectivity index (χ0) is 13.9. The summed E-state index contributed by atoms with van der Waals surface area (Å²) in [5.41, 5.74) is 1.22. The SMILES string of the molecule is Cc1ccc(NC(=O)C(=O)NC(C)(C)C)c(Br)c1. The molecule has 0 bridgehead atoms. The number of carbonyl (C=O) groups is 2. The van der Waals surface area contributed by atoms with Gasteiger partial charge in [0, 0.05) is 10.0 Å². The van der Waals surface area contributed by atoms with Gasteiger partial charge in [0.25, 0.3) is 0 Å². The summed E-state index contributed by atoms with van der Waals surface area (Å²) in [4.78, 5) is 23.3. The highest BCUT2D eigenvalue weighted by Crippen LogP contribution is 2.23. The van der Waals surface area contributed by atoms with Crippen molar-refractivity contribution in [3.63, 3.8) is 0 Å². The molecule has 0 aromatic heterocycles. The maximum Gasteiger partial charge on any atom is 0.313 e. The molecule has 0 saturated heterocycles. The average molecular weight is 313 g/mol. The van der Waals surface area contributed by atoms with E-state index in [4.69, 9.17) is 0 Å². The van der Waals surface area contributed by atoms with Crippen LogP contribution in [0.4, 0.5) is 5.69 Å². The lowest BCUT2D eigenvalue weighted by molar-refractivity contribution is -0.137. The van der Waals surface area contributed by atoms with E-state index in [0.29, 0.717) is 5.69 Å². The van der Waals surface area contributed by atoms with Crippen LogP contribution in [0, 0.1) is 6.92 Å². The largest absolute Gasteiger partial charge is 0.343 e. The van der Waals surface area contributed by atoms with Crippen LogP contribution in [0.5, 0.6) is 0 Å². The number of nitrogens with one attached hydrogen (secondary N) is 2. The minimum atomic E-state index is -0.672. The van der Waals surface area contributed by atoms with E-state index in [1.807, 2.05) is 39.8 Å². The number of hydrogen-bond donors (Lipinski definition) is 2. The first-order chi connectivity index (χ1) is 8.19. The summed E-state index contributed by atoms with van der Waals surface area (Å²) >= 11 is 3.34. The third-order valence-electron chi connectivity index (χ3n) is 2.07. The molecule has 0 radical (unpaired) electrons. The first-order valence-corrected chi connectivity index (χ1v) is 6.38. The molecule has 1 rings (SSSR count). The zero-order valence-electron chi connectivity index (χ0n) is 10.9. The molecule has 0 aliphatic rings. The summed E-state index contributed by atoms with van der Waals surface area (Å²) < 4.78 is 0.749. The van der Waals surface area contributed by atoms with Gasteiger partial charge in [-0.3, -0.25) is 9.59 Å². The molecule has 0 fully saturated rings. The molecule has 0 aliphatic heterocycles. The number of carbonyl (C=O) groups excluding carboxylic acids is 2. The van der Waals surface area contributed by atoms with Gasteiger partial charge in [-0.1, -0.05) is 6.07 Å². The zero-order valence-corrected chi connectivity index (χ0v) is 12.5. The topological polar surface area (TPSA) is 58.2 Å². The van der Waals surface area contributed by atoms with Crippen molar-refractivity contribution in [1.82, 2.24) is 5.32 Å². The molecule has 18 heavy (non-hydrogen) atoms. The van der Waals surface area contributed by atoms with Gasteiger partial charge in [-0.25, -0.2) is 0 Å². The van der Waals surface area contributed by atoms with E-state index in [1.165, 1.54) is 0 Å². The predicted molar refractivity (Wildman–Crippen MR) is 75.4 cm³/mol. The Morgan fingerprint density at radius 3 is 2.28 bits per heavy atom. The van der Waals surface area contributed by atoms with Crippen molar-refractivity contribution in [1.29, 1.82) is 0 Å². The fourth-order valence-corrected chi connectivity index (χ4v) is 1.89. The van der Waals surface area contributed by atoms with Gasteiger partial charge in [0.1, 0.15) is 0 Å². The van der Waals surface area contributed by atoms with Gasteiger partial charge in [-0.2, -0.15) is 0 Å². The van der Waals surface area contributed by atoms with Crippen molar-refractivity contribution in [3.05, 3.63) is 28.2 Å². The van der Waals surface area contributed by atoms with E-state index in [-0.39, 0.29) is 0 Å². The standard InChI is InChI=1S/C13H17BrN2O2/c1-8-5-6-10(9(14)7-8)15-11(17)12(18)16-13(2,3)4/h5-7H,1-4H3,(H,15,17)(H,16,18). The van der Waals surface area contributed by atoms with Crippen LogP contribution in [0.3, 0.4) is 0 Å². The van der Waals surface area contributed by atoms with E-state index in [2.05, 4.69) is 26.6 Å². The average Bonchev–Trinajstić information content (AvgIpc) is 2.19. The highest BCUT2D eigenvalue weighted by Gasteiger charge is 2.20. The second-order valence-electron chi connectivity index (χ2n) is 5.14. The fraction of sp³-hybridized carbons (Fsp3) is 0.385. The molecule has 0 atom stereocenters. The Hall–Kier alpha value is -1.36. The second-order valence-corrected chi connectivity index (χ2v) is 6.00. The van der Waals surface area contributed by atoms with Crippen LogP contribution in [0.25, 0.3) is 0 Å². The maximum absolute atomic E-state index is 11.7. The van der Waals surface area contributed by atoms with Crippen LogP contribution in [-0.2, 0) is 9.59 Å². The van der Waals surface area contributed by atoms with Crippen LogP contribution in [0.1, 0.15) is 26.3 Å². The van der Waals surface area contributed by atoms with Crippen molar-refractivity contribution in [3.8, 4) is 0 Å². The molecule has 1 aromatic carbocycles. The fourth-order valence-electron chi connectivity index (χ4n) is 1.30. The summed E-state index contributed by atoms with van der Waals surface area (Å²) in [7, 11) is 0. The summed E-state index contributed by atoms with van der Waals surface area (Å²) in [5, 5.41) is 5.17. The lowest BCUT2D eigenvalue weighted by Gasteiger charge is -2.20. The molecule has 2 amide bonds. The number of anilines is 1. The lowest BCUT2D eigenvalue weighted by Crippen LogP contribution is -2.46. The number of rotatable bonds is 1. The van der Waals surface area contributed by atoms with Crippen molar-refractivity contribution >= 4 is 33.4 Å². The quantitative estimate of drug-likeness (QED) is 0.783. The van der Waals surface area contributed by atoms with Crippen molar-refractivity contribution < 1.29 is 9.59 Å². The van der Waals surface area contributed by atoms with Crippen LogP contribution in [0.15, 0.2) is 22.7 Å². The van der Waals surface area contributed by atoms with Gasteiger partial charge in [0.2, 0.25) is 0 Å². The number of hydrogen-bond acceptors (Lipinski definition) is 2. The lowest BCUT2D eigenvalue weighted by atomic mass is 10.1. The molecule has 4 nitrogen and oxygen atoms in total. The number of amides is 2. The summed E-state index contributed by atoms with van der Waals surface area (Å²) in [5.74, 6) is -1.32. The molecular formula is C13H17BrN2O2. The summed E-state index contributed by atoms with van der Waals surface area (Å²) in [6.07, 6.45) is 0. The van der Waals surface area contributed by atoms with Crippen LogP contribution < -0.4 is 10.6 Å². The molecule has 2 N–H and O–H groups in total. The Bertz CT molecular complexity index is 478. The summed E-state index contributed by atoms with van der Waals surface area (Å²) in [6.45, 7) is 7.41. The summed E-state index contributed by atoms with van der Waals surface area (Å²) in [6, 6.07) is 5.49. The Kier molecular flexibility index (Phi) is 4.51. The van der Waals surface area contributed by atoms with E-state index in [9.17, 15) is 9.59 Å². The van der Waals surface area contributed by atoms with Crippen LogP contribution >= 0.6 is 15.9 Å². The van der Waals surface area contributed by atoms with Crippen molar-refractivity contribution in [2.45, 2.75) is 33.2 Å². The Labute approximate surface area is 115 Å². The van der Waals surface area contributed by atoms with E-state index in [0.717, 1.165) is 10.0 Å². The van der Waals surface area contributed by atoms with E-state index < -0.39 is 17.4 Å². The third-order valence-corrected chi connectivity index (χ3v) is 2.72.